The van der Waals surface area contributed by atoms with Gasteiger partial charge in [0, 0.05) is 6.54 Å². The van der Waals surface area contributed by atoms with E-state index in [0.717, 1.165) is 15.9 Å². The Labute approximate surface area is 132 Å². The first kappa shape index (κ1) is 12.9. The van der Waals surface area contributed by atoms with Crippen LogP contribution >= 0.6 is 27.3 Å². The van der Waals surface area contributed by atoms with Gasteiger partial charge in [0.2, 0.25) is 0 Å². The fourth-order valence-electron chi connectivity index (χ4n) is 2.46. The van der Waals surface area contributed by atoms with Crippen LogP contribution in [0.1, 0.15) is 23.5 Å². The quantitative estimate of drug-likeness (QED) is 0.721. The minimum Gasteiger partial charge on any atom is -0.349 e. The van der Waals surface area contributed by atoms with Gasteiger partial charge in [0.25, 0.3) is 5.91 Å². The summed E-state index contributed by atoms with van der Waals surface area (Å²) in [4.78, 5) is 20.7. The third-order valence-electron chi connectivity index (χ3n) is 3.51. The van der Waals surface area contributed by atoms with Crippen LogP contribution in [0.3, 0.4) is 0 Å². The molecule has 0 saturated heterocycles. The Bertz CT molecular complexity index is 871. The lowest BCUT2D eigenvalue weighted by molar-refractivity contribution is 0.0911. The van der Waals surface area contributed by atoms with E-state index >= 15 is 0 Å². The molecule has 0 unspecified atom stereocenters. The van der Waals surface area contributed by atoms with E-state index in [4.69, 9.17) is 0 Å². The van der Waals surface area contributed by atoms with Gasteiger partial charge in [-0.25, -0.2) is 9.97 Å². The maximum atomic E-state index is 12.1. The van der Waals surface area contributed by atoms with Crippen molar-refractivity contribution < 1.29 is 4.79 Å². The molecular weight excluding hydrogens is 354 g/mol. The van der Waals surface area contributed by atoms with Crippen molar-refractivity contribution in [3.8, 4) is 11.4 Å². The number of rotatable bonds is 1. The summed E-state index contributed by atoms with van der Waals surface area (Å²) in [6.07, 6.45) is 1.53. The van der Waals surface area contributed by atoms with E-state index in [0.29, 0.717) is 22.4 Å². The highest BCUT2D eigenvalue weighted by atomic mass is 79.9. The second-order valence-electron chi connectivity index (χ2n) is 4.87. The van der Waals surface area contributed by atoms with Gasteiger partial charge in [-0.1, -0.05) is 0 Å². The van der Waals surface area contributed by atoms with Crippen LogP contribution in [0.5, 0.6) is 0 Å². The summed E-state index contributed by atoms with van der Waals surface area (Å²) in [5.74, 6) is -0.116. The standard InChI is InChI=1S/C13H10BrN5OS/c1-6-4-15-13(20)11-8(14)9(18-19(6)11)10-12-7(2-3-21-12)16-5-17-10/h2-3,5-6H,4H2,1H3,(H,15,20)/t6-/m0/s1. The summed E-state index contributed by atoms with van der Waals surface area (Å²) in [7, 11) is 0. The molecule has 1 aliphatic heterocycles. The van der Waals surface area contributed by atoms with Crippen molar-refractivity contribution in [1.29, 1.82) is 0 Å². The first-order chi connectivity index (χ1) is 10.2. The van der Waals surface area contributed by atoms with E-state index in [9.17, 15) is 4.79 Å². The van der Waals surface area contributed by atoms with Crippen LogP contribution in [0.25, 0.3) is 21.6 Å². The predicted molar refractivity (Wildman–Crippen MR) is 83.4 cm³/mol. The molecule has 3 aromatic heterocycles. The first-order valence-electron chi connectivity index (χ1n) is 6.41. The topological polar surface area (TPSA) is 72.7 Å². The molecule has 4 rings (SSSR count). The third-order valence-corrected chi connectivity index (χ3v) is 5.17. The van der Waals surface area contributed by atoms with Crippen molar-refractivity contribution in [2.75, 3.05) is 6.54 Å². The van der Waals surface area contributed by atoms with Crippen LogP contribution in [0.15, 0.2) is 22.2 Å². The molecule has 0 aliphatic carbocycles. The molecular formula is C13H10BrN5OS. The zero-order valence-corrected chi connectivity index (χ0v) is 13.4. The second-order valence-corrected chi connectivity index (χ2v) is 6.58. The van der Waals surface area contributed by atoms with Gasteiger partial charge in [0.15, 0.2) is 0 Å². The van der Waals surface area contributed by atoms with Crippen molar-refractivity contribution in [2.24, 2.45) is 0 Å². The Balaban J connectivity index is 2.00. The molecule has 1 atom stereocenters. The van der Waals surface area contributed by atoms with Gasteiger partial charge in [-0.05, 0) is 34.3 Å². The molecule has 106 valence electrons. The summed E-state index contributed by atoms with van der Waals surface area (Å²) in [5.41, 5.74) is 2.87. The summed E-state index contributed by atoms with van der Waals surface area (Å²) in [5, 5.41) is 9.45. The number of carbonyl (C=O) groups is 1. The monoisotopic (exact) mass is 363 g/mol. The van der Waals surface area contributed by atoms with Crippen LogP contribution in [-0.4, -0.2) is 32.2 Å². The average molecular weight is 364 g/mol. The number of halogens is 1. The molecule has 1 N–H and O–H groups in total. The molecule has 8 heteroatoms. The number of fused-ring (bicyclic) bond motifs is 2. The molecule has 4 heterocycles. The van der Waals surface area contributed by atoms with E-state index in [1.165, 1.54) is 6.33 Å². The Morgan fingerprint density at radius 2 is 2.29 bits per heavy atom. The van der Waals surface area contributed by atoms with Gasteiger partial charge in [-0.3, -0.25) is 9.48 Å². The first-order valence-corrected chi connectivity index (χ1v) is 8.09. The van der Waals surface area contributed by atoms with Crippen LogP contribution in [0, 0.1) is 0 Å². The predicted octanol–water partition coefficient (Wildman–Crippen LogP) is 2.62. The van der Waals surface area contributed by atoms with Crippen molar-refractivity contribution in [3.63, 3.8) is 0 Å². The normalized spacial score (nSPS) is 17.8. The van der Waals surface area contributed by atoms with E-state index < -0.39 is 0 Å². The van der Waals surface area contributed by atoms with Crippen LogP contribution < -0.4 is 5.32 Å². The molecule has 0 radical (unpaired) electrons. The number of nitrogens with zero attached hydrogens (tertiary/aromatic N) is 4. The molecule has 1 aliphatic rings. The lowest BCUT2D eigenvalue weighted by Gasteiger charge is -2.21. The lowest BCUT2D eigenvalue weighted by atomic mass is 10.2. The van der Waals surface area contributed by atoms with Gasteiger partial charge in [-0.15, -0.1) is 11.3 Å². The van der Waals surface area contributed by atoms with Crippen LogP contribution in [0.2, 0.25) is 0 Å². The van der Waals surface area contributed by atoms with E-state index in [-0.39, 0.29) is 11.9 Å². The smallest absolute Gasteiger partial charge is 0.270 e. The van der Waals surface area contributed by atoms with Gasteiger partial charge in [0.1, 0.15) is 23.4 Å². The number of hydrogen-bond donors (Lipinski definition) is 1. The second kappa shape index (κ2) is 4.60. The Hall–Kier alpha value is -1.80. The van der Waals surface area contributed by atoms with E-state index in [1.807, 2.05) is 18.4 Å². The minimum absolute atomic E-state index is 0.114. The number of thiophene rings is 1. The minimum atomic E-state index is -0.116. The van der Waals surface area contributed by atoms with Gasteiger partial charge < -0.3 is 5.32 Å². The van der Waals surface area contributed by atoms with Crippen molar-refractivity contribution in [2.45, 2.75) is 13.0 Å². The highest BCUT2D eigenvalue weighted by molar-refractivity contribution is 9.10. The molecule has 21 heavy (non-hydrogen) atoms. The SMILES string of the molecule is C[C@H]1CNC(=O)c2c(Br)c(-c3ncnc4ccsc34)nn21. The highest BCUT2D eigenvalue weighted by Gasteiger charge is 2.30. The fourth-order valence-corrected chi connectivity index (χ4v) is 3.92. The maximum absolute atomic E-state index is 12.1. The Kier molecular flexibility index (Phi) is 2.83. The van der Waals surface area contributed by atoms with Gasteiger partial charge in [0.05, 0.1) is 20.7 Å². The van der Waals surface area contributed by atoms with E-state index in [1.54, 1.807) is 16.0 Å². The van der Waals surface area contributed by atoms with Gasteiger partial charge >= 0.3 is 0 Å². The molecule has 6 nitrogen and oxygen atoms in total. The molecule has 0 saturated carbocycles. The van der Waals surface area contributed by atoms with E-state index in [2.05, 4.69) is 36.3 Å². The van der Waals surface area contributed by atoms with Crippen molar-refractivity contribution in [3.05, 3.63) is 27.9 Å². The molecule has 1 amide bonds. The average Bonchev–Trinajstić information content (AvgIpc) is 3.08. The maximum Gasteiger partial charge on any atom is 0.270 e. The largest absolute Gasteiger partial charge is 0.349 e. The summed E-state index contributed by atoms with van der Waals surface area (Å²) in [6, 6.07) is 2.06. The molecule has 0 aromatic carbocycles. The summed E-state index contributed by atoms with van der Waals surface area (Å²) < 4.78 is 3.42. The van der Waals surface area contributed by atoms with Crippen LogP contribution in [0.4, 0.5) is 0 Å². The third kappa shape index (κ3) is 1.82. The molecule has 0 bridgehead atoms. The molecule has 0 spiro atoms. The summed E-state index contributed by atoms with van der Waals surface area (Å²) in [6.45, 7) is 2.60. The summed E-state index contributed by atoms with van der Waals surface area (Å²) >= 11 is 5.09. The Morgan fingerprint density at radius 1 is 1.43 bits per heavy atom. The highest BCUT2D eigenvalue weighted by Crippen LogP contribution is 2.36. The Morgan fingerprint density at radius 3 is 3.10 bits per heavy atom. The zero-order valence-electron chi connectivity index (χ0n) is 11.0. The number of nitrogens with one attached hydrogen (secondary N) is 1. The van der Waals surface area contributed by atoms with Crippen molar-refractivity contribution >= 4 is 43.4 Å². The number of hydrogen-bond acceptors (Lipinski definition) is 5. The molecule has 0 fully saturated rings. The van der Waals surface area contributed by atoms with Crippen molar-refractivity contribution in [1.82, 2.24) is 25.1 Å². The fraction of sp³-hybridized carbons (Fsp3) is 0.231. The number of carbonyl (C=O) groups excluding carboxylic acids is 1. The van der Waals surface area contributed by atoms with Crippen LogP contribution in [-0.2, 0) is 0 Å². The van der Waals surface area contributed by atoms with Gasteiger partial charge in [-0.2, -0.15) is 5.10 Å². The lowest BCUT2D eigenvalue weighted by Crippen LogP contribution is -2.38. The number of amides is 1. The molecule has 3 aromatic rings. The number of aromatic nitrogens is 4. The zero-order chi connectivity index (χ0) is 14.6.